The summed E-state index contributed by atoms with van der Waals surface area (Å²) >= 11 is 5.83. The minimum absolute atomic E-state index is 0.0888. The number of hydrogen-bond donors (Lipinski definition) is 0. The normalized spacial score (nSPS) is 25.4. The first-order chi connectivity index (χ1) is 8.96. The van der Waals surface area contributed by atoms with E-state index in [0.717, 1.165) is 0 Å². The van der Waals surface area contributed by atoms with E-state index in [-0.39, 0.29) is 18.0 Å². The van der Waals surface area contributed by atoms with E-state index in [2.05, 4.69) is 0 Å². The van der Waals surface area contributed by atoms with Gasteiger partial charge in [-0.25, -0.2) is 8.42 Å². The molecule has 4 nitrogen and oxygen atoms in total. The third kappa shape index (κ3) is 2.94. The lowest BCUT2D eigenvalue weighted by atomic mass is 10.2. The van der Waals surface area contributed by atoms with Crippen molar-refractivity contribution in [3.8, 4) is 0 Å². The number of alkyl halides is 1. The Labute approximate surface area is 119 Å². The summed E-state index contributed by atoms with van der Waals surface area (Å²) in [5.74, 6) is 0.184. The molecular weight excluding hydrogens is 286 g/mol. The molecule has 0 spiro atoms. The highest BCUT2D eigenvalue weighted by Gasteiger charge is 2.34. The highest BCUT2D eigenvalue weighted by atomic mass is 35.5. The Balaban J connectivity index is 2.41. The van der Waals surface area contributed by atoms with Gasteiger partial charge in [-0.15, -0.1) is 11.6 Å². The molecule has 1 aliphatic heterocycles. The molecule has 2 rings (SSSR count). The van der Waals surface area contributed by atoms with E-state index in [4.69, 9.17) is 16.3 Å². The van der Waals surface area contributed by atoms with Crippen LogP contribution in [0.15, 0.2) is 29.2 Å². The van der Waals surface area contributed by atoms with Gasteiger partial charge in [0.25, 0.3) is 0 Å². The van der Waals surface area contributed by atoms with Crippen molar-refractivity contribution < 1.29 is 13.2 Å². The molecule has 0 N–H and O–H groups in total. The zero-order chi connectivity index (χ0) is 14.0. The third-order valence-corrected chi connectivity index (χ3v) is 5.62. The van der Waals surface area contributed by atoms with Crippen LogP contribution in [0.3, 0.4) is 0 Å². The van der Waals surface area contributed by atoms with Gasteiger partial charge in [0.05, 0.1) is 17.6 Å². The van der Waals surface area contributed by atoms with Crippen LogP contribution in [0.2, 0.25) is 0 Å². The monoisotopic (exact) mass is 303 g/mol. The lowest BCUT2D eigenvalue weighted by Gasteiger charge is -2.36. The summed E-state index contributed by atoms with van der Waals surface area (Å²) in [7, 11) is -3.52. The van der Waals surface area contributed by atoms with Crippen molar-refractivity contribution in [3.05, 3.63) is 29.8 Å². The summed E-state index contributed by atoms with van der Waals surface area (Å²) in [6, 6.07) is 6.71. The van der Waals surface area contributed by atoms with Gasteiger partial charge in [-0.05, 0) is 25.5 Å². The van der Waals surface area contributed by atoms with E-state index in [0.29, 0.717) is 23.6 Å². The Bertz CT molecular complexity index is 547. The molecule has 0 saturated carbocycles. The molecule has 19 heavy (non-hydrogen) atoms. The first-order valence-corrected chi connectivity index (χ1v) is 8.21. The highest BCUT2D eigenvalue weighted by molar-refractivity contribution is 7.89. The number of nitrogens with zero attached hydrogens (tertiary/aromatic N) is 1. The summed E-state index contributed by atoms with van der Waals surface area (Å²) in [6.07, 6.45) is -0.0888. The Hall–Kier alpha value is -0.620. The van der Waals surface area contributed by atoms with Crippen molar-refractivity contribution in [1.82, 2.24) is 4.31 Å². The largest absolute Gasteiger partial charge is 0.375 e. The number of morpholine rings is 1. The maximum absolute atomic E-state index is 12.7. The van der Waals surface area contributed by atoms with Gasteiger partial charge < -0.3 is 4.74 Å². The summed E-state index contributed by atoms with van der Waals surface area (Å²) < 4.78 is 32.5. The Morgan fingerprint density at radius 1 is 1.37 bits per heavy atom. The summed E-state index contributed by atoms with van der Waals surface area (Å²) in [5, 5.41) is 0. The lowest BCUT2D eigenvalue weighted by molar-refractivity contribution is -0.0170. The molecule has 1 heterocycles. The molecule has 1 saturated heterocycles. The second-order valence-corrected chi connectivity index (χ2v) is 6.94. The summed E-state index contributed by atoms with van der Waals surface area (Å²) in [5.41, 5.74) is 0.635. The first kappa shape index (κ1) is 14.8. The van der Waals surface area contributed by atoms with Gasteiger partial charge in [-0.3, -0.25) is 0 Å². The molecule has 1 aromatic rings. The van der Waals surface area contributed by atoms with Gasteiger partial charge >= 0.3 is 0 Å². The number of hydrogen-bond acceptors (Lipinski definition) is 3. The minimum Gasteiger partial charge on any atom is -0.375 e. The van der Waals surface area contributed by atoms with Crippen LogP contribution in [0.4, 0.5) is 0 Å². The van der Waals surface area contributed by atoms with Crippen LogP contribution < -0.4 is 0 Å². The highest BCUT2D eigenvalue weighted by Crippen LogP contribution is 2.25. The van der Waals surface area contributed by atoms with Crippen LogP contribution in [0.25, 0.3) is 0 Å². The summed E-state index contributed by atoms with van der Waals surface area (Å²) in [4.78, 5) is 0.297. The average molecular weight is 304 g/mol. The minimum atomic E-state index is -3.52. The fourth-order valence-corrected chi connectivity index (χ4v) is 4.43. The van der Waals surface area contributed by atoms with Gasteiger partial charge in [0.15, 0.2) is 0 Å². The molecule has 1 aromatic carbocycles. The standard InChI is InChI=1S/C13H18ClNO3S/c1-10-9-18-11(2)8-15(10)19(16,17)13-6-4-3-5-12(13)7-14/h3-6,10-11H,7-9H2,1-2H3. The van der Waals surface area contributed by atoms with Crippen molar-refractivity contribution in [3.63, 3.8) is 0 Å². The Morgan fingerprint density at radius 3 is 2.74 bits per heavy atom. The molecule has 106 valence electrons. The van der Waals surface area contributed by atoms with E-state index < -0.39 is 10.0 Å². The van der Waals surface area contributed by atoms with E-state index in [1.165, 1.54) is 4.31 Å². The fraction of sp³-hybridized carbons (Fsp3) is 0.538. The average Bonchev–Trinajstić information content (AvgIpc) is 2.41. The van der Waals surface area contributed by atoms with Crippen LogP contribution >= 0.6 is 11.6 Å². The second kappa shape index (κ2) is 5.79. The Kier molecular flexibility index (Phi) is 4.50. The zero-order valence-corrected chi connectivity index (χ0v) is 12.6. The SMILES string of the molecule is CC1CN(S(=O)(=O)c2ccccc2CCl)C(C)CO1. The van der Waals surface area contributed by atoms with Crippen LogP contribution in [0.1, 0.15) is 19.4 Å². The molecule has 1 fully saturated rings. The molecule has 1 aliphatic rings. The molecule has 0 radical (unpaired) electrons. The van der Waals surface area contributed by atoms with E-state index in [1.54, 1.807) is 24.3 Å². The quantitative estimate of drug-likeness (QED) is 0.805. The zero-order valence-electron chi connectivity index (χ0n) is 11.0. The molecule has 0 aliphatic carbocycles. The van der Waals surface area contributed by atoms with Crippen molar-refractivity contribution in [2.75, 3.05) is 13.2 Å². The molecule has 0 bridgehead atoms. The number of ether oxygens (including phenoxy) is 1. The topological polar surface area (TPSA) is 46.6 Å². The summed E-state index contributed by atoms with van der Waals surface area (Å²) in [6.45, 7) is 4.53. The molecule has 0 aromatic heterocycles. The van der Waals surface area contributed by atoms with Crippen molar-refractivity contribution in [2.24, 2.45) is 0 Å². The van der Waals surface area contributed by atoms with Gasteiger partial charge in [-0.2, -0.15) is 4.31 Å². The molecule has 6 heteroatoms. The number of rotatable bonds is 3. The molecule has 2 atom stereocenters. The van der Waals surface area contributed by atoms with Crippen LogP contribution in [0, 0.1) is 0 Å². The van der Waals surface area contributed by atoms with Crippen molar-refractivity contribution in [2.45, 2.75) is 36.8 Å². The number of benzene rings is 1. The van der Waals surface area contributed by atoms with Crippen molar-refractivity contribution in [1.29, 1.82) is 0 Å². The third-order valence-electron chi connectivity index (χ3n) is 3.25. The fourth-order valence-electron chi connectivity index (χ4n) is 2.20. The smallest absolute Gasteiger partial charge is 0.243 e. The van der Waals surface area contributed by atoms with Crippen LogP contribution in [-0.2, 0) is 20.6 Å². The van der Waals surface area contributed by atoms with Crippen LogP contribution in [0.5, 0.6) is 0 Å². The second-order valence-electron chi connectivity index (χ2n) is 4.81. The maximum atomic E-state index is 12.7. The first-order valence-electron chi connectivity index (χ1n) is 6.24. The van der Waals surface area contributed by atoms with E-state index >= 15 is 0 Å². The Morgan fingerprint density at radius 2 is 2.05 bits per heavy atom. The predicted molar refractivity (Wildman–Crippen MR) is 74.8 cm³/mol. The van der Waals surface area contributed by atoms with Crippen molar-refractivity contribution >= 4 is 21.6 Å². The lowest BCUT2D eigenvalue weighted by Crippen LogP contribution is -2.50. The number of halogens is 1. The van der Waals surface area contributed by atoms with Gasteiger partial charge in [0.1, 0.15) is 0 Å². The van der Waals surface area contributed by atoms with Gasteiger partial charge in [0, 0.05) is 18.5 Å². The van der Waals surface area contributed by atoms with E-state index in [9.17, 15) is 8.42 Å². The van der Waals surface area contributed by atoms with Gasteiger partial charge in [0.2, 0.25) is 10.0 Å². The molecular formula is C13H18ClNO3S. The van der Waals surface area contributed by atoms with E-state index in [1.807, 2.05) is 13.8 Å². The molecule has 0 amide bonds. The predicted octanol–water partition coefficient (Wildman–Crippen LogP) is 2.22. The van der Waals surface area contributed by atoms with Crippen LogP contribution in [-0.4, -0.2) is 38.0 Å². The maximum Gasteiger partial charge on any atom is 0.243 e. The number of sulfonamides is 1. The van der Waals surface area contributed by atoms with Gasteiger partial charge in [-0.1, -0.05) is 18.2 Å². The molecule has 2 unspecified atom stereocenters.